The number of halogens is 1. The van der Waals surface area contributed by atoms with Crippen LogP contribution in [0, 0.1) is 0 Å². The van der Waals surface area contributed by atoms with Crippen molar-refractivity contribution in [3.8, 4) is 5.75 Å². The standard InChI is InChI=1S/C26H27N3O3S2.ClH/c1-18(30)22(29-26(31)23-15-27-17-28-23)13-10-20-5-2-3-6-24(20)32-16-19-8-11-21(12-9-19)34-25-7-4-14-33-25;/h2-9,11-12,14-15,17-18,22,30H,10,13,16H2,1H3,(H,27,28)(H,29,31);1H/t18-,22+;/m0./s1. The topological polar surface area (TPSA) is 87.2 Å². The van der Waals surface area contributed by atoms with E-state index in [1.165, 1.54) is 21.6 Å². The van der Waals surface area contributed by atoms with Gasteiger partial charge >= 0.3 is 0 Å². The second kappa shape index (κ2) is 13.3. The number of hydrogen-bond donors (Lipinski definition) is 3. The summed E-state index contributed by atoms with van der Waals surface area (Å²) < 4.78 is 7.41. The highest BCUT2D eigenvalue weighted by molar-refractivity contribution is 8.01. The summed E-state index contributed by atoms with van der Waals surface area (Å²) >= 11 is 3.49. The van der Waals surface area contributed by atoms with Crippen molar-refractivity contribution in [2.75, 3.05) is 0 Å². The van der Waals surface area contributed by atoms with Crippen molar-refractivity contribution in [1.29, 1.82) is 0 Å². The molecule has 2 heterocycles. The highest BCUT2D eigenvalue weighted by atomic mass is 35.5. The highest BCUT2D eigenvalue weighted by Crippen LogP contribution is 2.31. The second-order valence-corrected chi connectivity index (χ2v) is 10.2. The Kier molecular flexibility index (Phi) is 10.2. The monoisotopic (exact) mass is 529 g/mol. The Morgan fingerprint density at radius 2 is 1.97 bits per heavy atom. The van der Waals surface area contributed by atoms with E-state index in [-0.39, 0.29) is 18.3 Å². The fourth-order valence-electron chi connectivity index (χ4n) is 3.48. The number of ether oxygens (including phenoxy) is 1. The minimum Gasteiger partial charge on any atom is -0.489 e. The van der Waals surface area contributed by atoms with Crippen molar-refractivity contribution in [1.82, 2.24) is 15.3 Å². The van der Waals surface area contributed by atoms with Gasteiger partial charge in [-0.2, -0.15) is 0 Å². The van der Waals surface area contributed by atoms with Crippen molar-refractivity contribution in [2.45, 2.75) is 47.6 Å². The van der Waals surface area contributed by atoms with Gasteiger partial charge in [-0.05, 0) is 60.5 Å². The average molecular weight is 530 g/mol. The van der Waals surface area contributed by atoms with E-state index < -0.39 is 12.1 Å². The first-order valence-corrected chi connectivity index (χ1v) is 12.8. The van der Waals surface area contributed by atoms with Gasteiger partial charge in [-0.15, -0.1) is 23.7 Å². The fraction of sp³-hybridized carbons (Fsp3) is 0.231. The van der Waals surface area contributed by atoms with E-state index in [1.54, 1.807) is 30.0 Å². The molecule has 0 unspecified atom stereocenters. The van der Waals surface area contributed by atoms with E-state index >= 15 is 0 Å². The predicted molar refractivity (Wildman–Crippen MR) is 143 cm³/mol. The number of aromatic nitrogens is 2. The molecular weight excluding hydrogens is 502 g/mol. The Hall–Kier alpha value is -2.78. The Morgan fingerprint density at radius 3 is 2.66 bits per heavy atom. The smallest absolute Gasteiger partial charge is 0.271 e. The summed E-state index contributed by atoms with van der Waals surface area (Å²) in [5, 5.41) is 15.1. The summed E-state index contributed by atoms with van der Waals surface area (Å²) in [6.45, 7) is 2.15. The molecule has 6 nitrogen and oxygen atoms in total. The van der Waals surface area contributed by atoms with Gasteiger partial charge in [0.2, 0.25) is 0 Å². The third-order valence-electron chi connectivity index (χ3n) is 5.36. The molecule has 9 heteroatoms. The maximum Gasteiger partial charge on any atom is 0.271 e. The molecule has 0 aliphatic heterocycles. The zero-order valence-corrected chi connectivity index (χ0v) is 21.7. The van der Waals surface area contributed by atoms with E-state index in [0.717, 1.165) is 16.9 Å². The molecule has 1 amide bonds. The van der Waals surface area contributed by atoms with Crippen LogP contribution in [-0.4, -0.2) is 33.1 Å². The van der Waals surface area contributed by atoms with Crippen LogP contribution in [0.25, 0.3) is 0 Å². The summed E-state index contributed by atoms with van der Waals surface area (Å²) in [4.78, 5) is 20.3. The quantitative estimate of drug-likeness (QED) is 0.231. The van der Waals surface area contributed by atoms with Crippen molar-refractivity contribution >= 4 is 41.4 Å². The van der Waals surface area contributed by atoms with Crippen LogP contribution in [0.15, 0.2) is 87.7 Å². The molecule has 0 spiro atoms. The molecule has 2 aromatic carbocycles. The number of imidazole rings is 1. The molecule has 0 aliphatic carbocycles. The predicted octanol–water partition coefficient (Wildman–Crippen LogP) is 5.74. The van der Waals surface area contributed by atoms with Gasteiger partial charge in [-0.3, -0.25) is 4.79 Å². The first-order chi connectivity index (χ1) is 16.6. The van der Waals surface area contributed by atoms with Crippen LogP contribution in [-0.2, 0) is 13.0 Å². The Morgan fingerprint density at radius 1 is 1.17 bits per heavy atom. The van der Waals surface area contributed by atoms with Crippen LogP contribution in [0.2, 0.25) is 0 Å². The fourth-order valence-corrected chi connectivity index (χ4v) is 5.22. The number of aliphatic hydroxyl groups is 1. The molecule has 0 fully saturated rings. The summed E-state index contributed by atoms with van der Waals surface area (Å²) in [6.07, 6.45) is 3.52. The van der Waals surface area contributed by atoms with Gasteiger partial charge in [0, 0.05) is 11.1 Å². The van der Waals surface area contributed by atoms with Crippen molar-refractivity contribution < 1.29 is 14.6 Å². The zero-order valence-electron chi connectivity index (χ0n) is 19.2. The molecule has 0 bridgehead atoms. The number of thiophene rings is 1. The Bertz CT molecular complexity index is 1170. The number of nitrogens with one attached hydrogen (secondary N) is 2. The number of carbonyl (C=O) groups excluding carboxylic acids is 1. The zero-order chi connectivity index (χ0) is 23.8. The summed E-state index contributed by atoms with van der Waals surface area (Å²) in [7, 11) is 0. The van der Waals surface area contributed by atoms with Gasteiger partial charge in [-0.1, -0.05) is 48.2 Å². The molecule has 184 valence electrons. The lowest BCUT2D eigenvalue weighted by Crippen LogP contribution is -2.42. The molecular formula is C26H28ClN3O3S2. The summed E-state index contributed by atoms with van der Waals surface area (Å²) in [5.41, 5.74) is 2.43. The van der Waals surface area contributed by atoms with Gasteiger partial charge in [0.15, 0.2) is 0 Å². The number of amides is 1. The van der Waals surface area contributed by atoms with Crippen LogP contribution in [0.5, 0.6) is 5.75 Å². The Labute approximate surface area is 219 Å². The number of aromatic amines is 1. The third kappa shape index (κ3) is 7.86. The largest absolute Gasteiger partial charge is 0.489 e. The number of para-hydroxylation sites is 1. The number of aliphatic hydroxyl groups excluding tert-OH is 1. The number of H-pyrrole nitrogens is 1. The first kappa shape index (κ1) is 26.8. The molecule has 0 aliphatic rings. The minimum absolute atomic E-state index is 0. The van der Waals surface area contributed by atoms with Gasteiger partial charge in [-0.25, -0.2) is 4.98 Å². The number of hydrogen-bond acceptors (Lipinski definition) is 6. The lowest BCUT2D eigenvalue weighted by molar-refractivity contribution is 0.0846. The first-order valence-electron chi connectivity index (χ1n) is 11.1. The normalized spacial score (nSPS) is 12.4. The minimum atomic E-state index is -0.693. The van der Waals surface area contributed by atoms with Gasteiger partial charge in [0.1, 0.15) is 18.1 Å². The van der Waals surface area contributed by atoms with Crippen molar-refractivity contribution in [3.63, 3.8) is 0 Å². The molecule has 0 saturated heterocycles. The van der Waals surface area contributed by atoms with Crippen molar-refractivity contribution in [2.24, 2.45) is 0 Å². The molecule has 0 saturated carbocycles. The average Bonchev–Trinajstić information content (AvgIpc) is 3.56. The van der Waals surface area contributed by atoms with Crippen LogP contribution in [0.3, 0.4) is 0 Å². The number of benzene rings is 2. The molecule has 35 heavy (non-hydrogen) atoms. The Balaban J connectivity index is 0.00000342. The van der Waals surface area contributed by atoms with E-state index in [1.807, 2.05) is 24.3 Å². The molecule has 2 atom stereocenters. The maximum absolute atomic E-state index is 12.3. The third-order valence-corrected chi connectivity index (χ3v) is 7.40. The van der Waals surface area contributed by atoms with Crippen LogP contribution >= 0.6 is 35.5 Å². The van der Waals surface area contributed by atoms with Crippen LogP contribution in [0.1, 0.15) is 35.0 Å². The number of nitrogens with zero attached hydrogens (tertiary/aromatic N) is 1. The van der Waals surface area contributed by atoms with Crippen molar-refractivity contribution in [3.05, 3.63) is 95.4 Å². The van der Waals surface area contributed by atoms with E-state index in [0.29, 0.717) is 25.1 Å². The SMILES string of the molecule is C[C@H](O)[C@@H](CCc1ccccc1OCc1ccc(Sc2cccs2)cc1)NC(=O)c1c[nH]cn1.Cl. The summed E-state index contributed by atoms with van der Waals surface area (Å²) in [6, 6.07) is 20.1. The lowest BCUT2D eigenvalue weighted by atomic mass is 10.0. The van der Waals surface area contributed by atoms with Gasteiger partial charge in [0.25, 0.3) is 5.91 Å². The second-order valence-electron chi connectivity index (χ2n) is 7.89. The van der Waals surface area contributed by atoms with E-state index in [4.69, 9.17) is 4.74 Å². The number of rotatable bonds is 11. The highest BCUT2D eigenvalue weighted by Gasteiger charge is 2.20. The molecule has 4 rings (SSSR count). The molecule has 4 aromatic rings. The maximum atomic E-state index is 12.3. The summed E-state index contributed by atoms with van der Waals surface area (Å²) in [5.74, 6) is 0.500. The van der Waals surface area contributed by atoms with Gasteiger partial charge < -0.3 is 20.1 Å². The number of aryl methyl sites for hydroxylation is 1. The molecule has 2 aromatic heterocycles. The van der Waals surface area contributed by atoms with E-state index in [2.05, 4.69) is 57.1 Å². The van der Waals surface area contributed by atoms with E-state index in [9.17, 15) is 9.90 Å². The van der Waals surface area contributed by atoms with Crippen LogP contribution < -0.4 is 10.1 Å². The lowest BCUT2D eigenvalue weighted by Gasteiger charge is -2.21. The number of carbonyl (C=O) groups is 1. The van der Waals surface area contributed by atoms with Crippen LogP contribution in [0.4, 0.5) is 0 Å². The van der Waals surface area contributed by atoms with Gasteiger partial charge in [0.05, 0.1) is 22.7 Å². The molecule has 3 N–H and O–H groups in total. The molecule has 0 radical (unpaired) electrons.